The van der Waals surface area contributed by atoms with Gasteiger partial charge in [-0.2, -0.15) is 0 Å². The average Bonchev–Trinajstić information content (AvgIpc) is 2.42. The van der Waals surface area contributed by atoms with Crippen molar-refractivity contribution in [2.24, 2.45) is 0 Å². The Hall–Kier alpha value is -1.52. The third-order valence-corrected chi connectivity index (χ3v) is 3.68. The van der Waals surface area contributed by atoms with Crippen molar-refractivity contribution >= 4 is 17.0 Å². The SMILES string of the molecule is Br.Oc1cc2c(cc1O)C(Cc1ccccc1)NCC2. The number of benzene rings is 2. The Morgan fingerprint density at radius 1 is 1.05 bits per heavy atom. The van der Waals surface area contributed by atoms with Gasteiger partial charge < -0.3 is 15.5 Å². The van der Waals surface area contributed by atoms with Crippen molar-refractivity contribution in [3.8, 4) is 11.5 Å². The molecule has 0 bridgehead atoms. The zero-order valence-corrected chi connectivity index (χ0v) is 12.8. The number of hydrogen-bond donors (Lipinski definition) is 3. The van der Waals surface area contributed by atoms with Gasteiger partial charge in [0.15, 0.2) is 11.5 Å². The van der Waals surface area contributed by atoms with Crippen molar-refractivity contribution in [2.45, 2.75) is 18.9 Å². The number of rotatable bonds is 2. The summed E-state index contributed by atoms with van der Waals surface area (Å²) < 4.78 is 0. The van der Waals surface area contributed by atoms with Gasteiger partial charge in [-0.05, 0) is 48.2 Å². The quantitative estimate of drug-likeness (QED) is 0.739. The molecule has 3 nitrogen and oxygen atoms in total. The molecule has 0 saturated heterocycles. The fourth-order valence-electron chi connectivity index (χ4n) is 2.70. The van der Waals surface area contributed by atoms with Crippen LogP contribution in [0.3, 0.4) is 0 Å². The van der Waals surface area contributed by atoms with Gasteiger partial charge in [0.25, 0.3) is 0 Å². The van der Waals surface area contributed by atoms with Gasteiger partial charge in [0.2, 0.25) is 0 Å². The number of phenols is 2. The second kappa shape index (κ2) is 6.29. The van der Waals surface area contributed by atoms with Gasteiger partial charge in [0.1, 0.15) is 0 Å². The molecule has 3 rings (SSSR count). The molecule has 106 valence electrons. The van der Waals surface area contributed by atoms with E-state index in [9.17, 15) is 10.2 Å². The first-order valence-electron chi connectivity index (χ1n) is 6.56. The van der Waals surface area contributed by atoms with Crippen LogP contribution < -0.4 is 5.32 Å². The fourth-order valence-corrected chi connectivity index (χ4v) is 2.70. The Morgan fingerprint density at radius 3 is 2.50 bits per heavy atom. The van der Waals surface area contributed by atoms with Crippen LogP contribution in [-0.2, 0) is 12.8 Å². The van der Waals surface area contributed by atoms with Crippen LogP contribution in [0, 0.1) is 0 Å². The monoisotopic (exact) mass is 335 g/mol. The van der Waals surface area contributed by atoms with Crippen molar-refractivity contribution in [1.82, 2.24) is 5.32 Å². The predicted octanol–water partition coefficient (Wildman–Crippen LogP) is 3.11. The molecule has 0 amide bonds. The van der Waals surface area contributed by atoms with Crippen LogP contribution >= 0.6 is 17.0 Å². The summed E-state index contributed by atoms with van der Waals surface area (Å²) in [6.45, 7) is 0.898. The Kier molecular flexibility index (Phi) is 4.68. The van der Waals surface area contributed by atoms with E-state index in [1.807, 2.05) is 18.2 Å². The first-order chi connectivity index (χ1) is 9.24. The standard InChI is InChI=1S/C16H17NO2.BrH/c18-15-9-12-6-7-17-14(13(12)10-16(15)19)8-11-4-2-1-3-5-11;/h1-5,9-10,14,17-19H,6-8H2;1H. The zero-order valence-electron chi connectivity index (χ0n) is 11.0. The van der Waals surface area contributed by atoms with E-state index in [2.05, 4.69) is 17.4 Å². The van der Waals surface area contributed by atoms with Crippen LogP contribution in [0.2, 0.25) is 0 Å². The van der Waals surface area contributed by atoms with Crippen LogP contribution in [-0.4, -0.2) is 16.8 Å². The molecule has 1 aliphatic heterocycles. The van der Waals surface area contributed by atoms with Gasteiger partial charge >= 0.3 is 0 Å². The summed E-state index contributed by atoms with van der Waals surface area (Å²) >= 11 is 0. The van der Waals surface area contributed by atoms with Crippen molar-refractivity contribution in [2.75, 3.05) is 6.54 Å². The molecule has 2 aromatic carbocycles. The summed E-state index contributed by atoms with van der Waals surface area (Å²) in [5.41, 5.74) is 3.47. The second-order valence-corrected chi connectivity index (χ2v) is 4.99. The molecule has 0 aliphatic carbocycles. The summed E-state index contributed by atoms with van der Waals surface area (Å²) in [7, 11) is 0. The Morgan fingerprint density at radius 2 is 1.75 bits per heavy atom. The molecule has 1 atom stereocenters. The lowest BCUT2D eigenvalue weighted by Gasteiger charge is -2.27. The van der Waals surface area contributed by atoms with E-state index < -0.39 is 0 Å². The highest BCUT2D eigenvalue weighted by Crippen LogP contribution is 2.34. The third-order valence-electron chi connectivity index (χ3n) is 3.68. The van der Waals surface area contributed by atoms with E-state index in [0.717, 1.165) is 30.5 Å². The molecule has 4 heteroatoms. The molecule has 1 heterocycles. The summed E-state index contributed by atoms with van der Waals surface area (Å²) in [5.74, 6) is -0.0698. The number of hydrogen-bond acceptors (Lipinski definition) is 3. The molecule has 2 aromatic rings. The first kappa shape index (κ1) is 14.9. The molecule has 0 radical (unpaired) electrons. The first-order valence-corrected chi connectivity index (χ1v) is 6.56. The second-order valence-electron chi connectivity index (χ2n) is 4.99. The van der Waals surface area contributed by atoms with Crippen LogP contribution in [0.25, 0.3) is 0 Å². The largest absolute Gasteiger partial charge is 0.504 e. The van der Waals surface area contributed by atoms with Crippen molar-refractivity contribution < 1.29 is 10.2 Å². The third kappa shape index (κ3) is 2.97. The molecule has 1 unspecified atom stereocenters. The van der Waals surface area contributed by atoms with Crippen LogP contribution in [0.1, 0.15) is 22.7 Å². The highest BCUT2D eigenvalue weighted by molar-refractivity contribution is 8.93. The van der Waals surface area contributed by atoms with Gasteiger partial charge in [-0.3, -0.25) is 0 Å². The van der Waals surface area contributed by atoms with Crippen molar-refractivity contribution in [3.05, 3.63) is 59.2 Å². The van der Waals surface area contributed by atoms with E-state index in [-0.39, 0.29) is 34.5 Å². The van der Waals surface area contributed by atoms with E-state index in [4.69, 9.17) is 0 Å². The topological polar surface area (TPSA) is 52.5 Å². The smallest absolute Gasteiger partial charge is 0.157 e. The summed E-state index contributed by atoms with van der Waals surface area (Å²) in [6, 6.07) is 13.9. The lowest BCUT2D eigenvalue weighted by molar-refractivity contribution is 0.398. The minimum absolute atomic E-state index is 0. The normalized spacial score (nSPS) is 17.1. The maximum absolute atomic E-state index is 9.68. The maximum atomic E-state index is 9.68. The lowest BCUT2D eigenvalue weighted by atomic mass is 9.90. The summed E-state index contributed by atoms with van der Waals surface area (Å²) in [4.78, 5) is 0. The molecular weight excluding hydrogens is 318 g/mol. The highest BCUT2D eigenvalue weighted by Gasteiger charge is 2.21. The van der Waals surface area contributed by atoms with Gasteiger partial charge in [-0.15, -0.1) is 17.0 Å². The lowest BCUT2D eigenvalue weighted by Crippen LogP contribution is -2.31. The van der Waals surface area contributed by atoms with E-state index >= 15 is 0 Å². The van der Waals surface area contributed by atoms with Crippen LogP contribution in [0.4, 0.5) is 0 Å². The van der Waals surface area contributed by atoms with E-state index in [0.29, 0.717) is 0 Å². The van der Waals surface area contributed by atoms with E-state index in [1.54, 1.807) is 12.1 Å². The van der Waals surface area contributed by atoms with Crippen LogP contribution in [0.15, 0.2) is 42.5 Å². The Labute approximate surface area is 129 Å². The molecule has 0 aromatic heterocycles. The molecule has 3 N–H and O–H groups in total. The molecule has 0 saturated carbocycles. The Bertz CT molecular complexity index is 587. The predicted molar refractivity (Wildman–Crippen MR) is 84.7 cm³/mol. The minimum atomic E-state index is -0.0412. The van der Waals surface area contributed by atoms with Gasteiger partial charge in [0.05, 0.1) is 0 Å². The zero-order chi connectivity index (χ0) is 13.2. The van der Waals surface area contributed by atoms with Crippen molar-refractivity contribution in [3.63, 3.8) is 0 Å². The van der Waals surface area contributed by atoms with Gasteiger partial charge in [0, 0.05) is 6.04 Å². The number of nitrogens with one attached hydrogen (secondary N) is 1. The van der Waals surface area contributed by atoms with E-state index in [1.165, 1.54) is 5.56 Å². The maximum Gasteiger partial charge on any atom is 0.157 e. The molecule has 0 spiro atoms. The average molecular weight is 336 g/mol. The number of phenolic OH excluding ortho intramolecular Hbond substituents is 2. The Balaban J connectivity index is 0.00000147. The highest BCUT2D eigenvalue weighted by atomic mass is 79.9. The number of fused-ring (bicyclic) bond motifs is 1. The summed E-state index contributed by atoms with van der Waals surface area (Å²) in [6.07, 6.45) is 1.77. The minimum Gasteiger partial charge on any atom is -0.504 e. The van der Waals surface area contributed by atoms with Gasteiger partial charge in [-0.1, -0.05) is 30.3 Å². The molecule has 1 aliphatic rings. The van der Waals surface area contributed by atoms with Crippen molar-refractivity contribution in [1.29, 1.82) is 0 Å². The number of aromatic hydroxyl groups is 2. The molecule has 0 fully saturated rings. The number of halogens is 1. The fraction of sp³-hybridized carbons (Fsp3) is 0.250. The van der Waals surface area contributed by atoms with Crippen LogP contribution in [0.5, 0.6) is 11.5 Å². The molecule has 20 heavy (non-hydrogen) atoms. The molecular formula is C16H18BrNO2. The summed E-state index contributed by atoms with van der Waals surface area (Å²) in [5, 5.41) is 22.7. The van der Waals surface area contributed by atoms with Gasteiger partial charge in [-0.25, -0.2) is 0 Å².